The number of ketones is 1. The normalized spacial score (nSPS) is 13.4. The van der Waals surface area contributed by atoms with Gasteiger partial charge in [0.05, 0.1) is 31.2 Å². The number of ether oxygens (including phenoxy) is 1. The average Bonchev–Trinajstić information content (AvgIpc) is 2.87. The first-order valence-electron chi connectivity index (χ1n) is 8.46. The van der Waals surface area contributed by atoms with Gasteiger partial charge in [0.15, 0.2) is 5.78 Å². The van der Waals surface area contributed by atoms with Crippen molar-refractivity contribution in [2.45, 2.75) is 39.2 Å². The minimum absolute atomic E-state index is 0.0370. The highest BCUT2D eigenvalue weighted by Gasteiger charge is 2.42. The molecule has 0 atom stereocenters. The van der Waals surface area contributed by atoms with Gasteiger partial charge in [0.25, 0.3) is 17.7 Å². The number of carbonyl (C=O) groups is 5. The number of hydrogen-bond donors (Lipinski definition) is 1. The third kappa shape index (κ3) is 4.39. The summed E-state index contributed by atoms with van der Waals surface area (Å²) < 4.78 is 4.45. The molecule has 0 radical (unpaired) electrons. The Morgan fingerprint density at radius 1 is 1.04 bits per heavy atom. The maximum absolute atomic E-state index is 12.5. The lowest BCUT2D eigenvalue weighted by Crippen LogP contribution is -2.45. The summed E-state index contributed by atoms with van der Waals surface area (Å²) in [6.45, 7) is 5.01. The molecular weight excluding hydrogens is 352 g/mol. The third-order valence-electron chi connectivity index (χ3n) is 4.10. The average molecular weight is 374 g/mol. The van der Waals surface area contributed by atoms with Gasteiger partial charge in [-0.05, 0) is 39.0 Å². The standard InChI is InChI=1S/C19H22N2O6/c1-19(2,3)21-17(25)13-7-5-11(9-14(13)18(21)26)16(24)20-10-12(22)6-8-15(23)27-4/h5,7,9H,6,8,10H2,1-4H3,(H,20,24). The summed E-state index contributed by atoms with van der Waals surface area (Å²) in [5, 5.41) is 2.45. The summed E-state index contributed by atoms with van der Waals surface area (Å²) in [5.74, 6) is -2.21. The number of rotatable bonds is 6. The van der Waals surface area contributed by atoms with Crippen LogP contribution >= 0.6 is 0 Å². The number of hydrogen-bond acceptors (Lipinski definition) is 6. The fourth-order valence-corrected chi connectivity index (χ4v) is 2.70. The largest absolute Gasteiger partial charge is 0.469 e. The SMILES string of the molecule is COC(=O)CCC(=O)CNC(=O)c1ccc2c(c1)C(=O)N(C(C)(C)C)C2=O. The Balaban J connectivity index is 2.06. The zero-order chi connectivity index (χ0) is 20.4. The zero-order valence-corrected chi connectivity index (χ0v) is 15.8. The van der Waals surface area contributed by atoms with Crippen LogP contribution in [0.3, 0.4) is 0 Å². The van der Waals surface area contributed by atoms with E-state index in [2.05, 4.69) is 10.1 Å². The van der Waals surface area contributed by atoms with E-state index in [-0.39, 0.29) is 41.9 Å². The van der Waals surface area contributed by atoms with Crippen LogP contribution in [-0.2, 0) is 14.3 Å². The minimum Gasteiger partial charge on any atom is -0.469 e. The van der Waals surface area contributed by atoms with Crippen molar-refractivity contribution in [1.29, 1.82) is 0 Å². The first-order valence-corrected chi connectivity index (χ1v) is 8.46. The van der Waals surface area contributed by atoms with Gasteiger partial charge >= 0.3 is 5.97 Å². The van der Waals surface area contributed by atoms with E-state index in [1.807, 2.05) is 0 Å². The van der Waals surface area contributed by atoms with Gasteiger partial charge in [-0.15, -0.1) is 0 Å². The second-order valence-corrected chi connectivity index (χ2v) is 7.17. The van der Waals surface area contributed by atoms with Crippen LogP contribution in [0.2, 0.25) is 0 Å². The molecule has 3 amide bonds. The number of amides is 3. The molecule has 144 valence electrons. The quantitative estimate of drug-likeness (QED) is 0.594. The summed E-state index contributed by atoms with van der Waals surface area (Å²) in [4.78, 5) is 61.1. The number of methoxy groups -OCH3 is 1. The molecule has 0 saturated heterocycles. The highest BCUT2D eigenvalue weighted by atomic mass is 16.5. The van der Waals surface area contributed by atoms with Crippen molar-refractivity contribution >= 4 is 29.5 Å². The molecule has 0 saturated carbocycles. The molecule has 8 heteroatoms. The Morgan fingerprint density at radius 3 is 2.26 bits per heavy atom. The second kappa shape index (κ2) is 7.69. The van der Waals surface area contributed by atoms with Gasteiger partial charge < -0.3 is 10.1 Å². The Bertz CT molecular complexity index is 822. The summed E-state index contributed by atoms with van der Waals surface area (Å²) in [5.41, 5.74) is -0.0894. The molecule has 27 heavy (non-hydrogen) atoms. The van der Waals surface area contributed by atoms with Gasteiger partial charge in [0.1, 0.15) is 0 Å². The molecule has 1 N–H and O–H groups in total. The summed E-state index contributed by atoms with van der Waals surface area (Å²) >= 11 is 0. The smallest absolute Gasteiger partial charge is 0.305 e. The lowest BCUT2D eigenvalue weighted by Gasteiger charge is -2.29. The van der Waals surface area contributed by atoms with E-state index in [9.17, 15) is 24.0 Å². The van der Waals surface area contributed by atoms with Crippen LogP contribution in [0.15, 0.2) is 18.2 Å². The molecule has 0 spiro atoms. The van der Waals surface area contributed by atoms with E-state index in [1.165, 1.54) is 25.3 Å². The summed E-state index contributed by atoms with van der Waals surface area (Å²) in [7, 11) is 1.23. The molecular formula is C19H22N2O6. The van der Waals surface area contributed by atoms with Gasteiger partial charge in [0, 0.05) is 17.5 Å². The van der Waals surface area contributed by atoms with E-state index >= 15 is 0 Å². The molecule has 1 aliphatic heterocycles. The molecule has 8 nitrogen and oxygen atoms in total. The van der Waals surface area contributed by atoms with Crippen molar-refractivity contribution in [2.24, 2.45) is 0 Å². The number of Topliss-reactive ketones (excluding diaryl/α,β-unsaturated/α-hetero) is 1. The van der Waals surface area contributed by atoms with E-state index in [1.54, 1.807) is 20.8 Å². The van der Waals surface area contributed by atoms with E-state index in [0.29, 0.717) is 0 Å². The number of benzene rings is 1. The molecule has 1 heterocycles. The van der Waals surface area contributed by atoms with Crippen LogP contribution in [0, 0.1) is 0 Å². The Hall–Kier alpha value is -3.03. The van der Waals surface area contributed by atoms with Crippen molar-refractivity contribution < 1.29 is 28.7 Å². The first kappa shape index (κ1) is 20.3. The van der Waals surface area contributed by atoms with E-state index in [4.69, 9.17) is 0 Å². The van der Waals surface area contributed by atoms with Crippen molar-refractivity contribution in [2.75, 3.05) is 13.7 Å². The van der Waals surface area contributed by atoms with Crippen LogP contribution in [0.25, 0.3) is 0 Å². The highest BCUT2D eigenvalue weighted by Crippen LogP contribution is 2.29. The maximum Gasteiger partial charge on any atom is 0.305 e. The monoisotopic (exact) mass is 374 g/mol. The van der Waals surface area contributed by atoms with E-state index < -0.39 is 29.2 Å². The van der Waals surface area contributed by atoms with Crippen molar-refractivity contribution in [3.05, 3.63) is 34.9 Å². The molecule has 1 aromatic carbocycles. The molecule has 0 bridgehead atoms. The predicted molar refractivity (Wildman–Crippen MR) is 95.3 cm³/mol. The van der Waals surface area contributed by atoms with Crippen LogP contribution < -0.4 is 5.32 Å². The molecule has 2 rings (SSSR count). The van der Waals surface area contributed by atoms with Crippen molar-refractivity contribution in [3.63, 3.8) is 0 Å². The third-order valence-corrected chi connectivity index (χ3v) is 4.10. The van der Waals surface area contributed by atoms with Gasteiger partial charge in [-0.25, -0.2) is 0 Å². The number of nitrogens with zero attached hydrogens (tertiary/aromatic N) is 1. The molecule has 0 unspecified atom stereocenters. The van der Waals surface area contributed by atoms with Crippen molar-refractivity contribution in [1.82, 2.24) is 10.2 Å². The fraction of sp³-hybridized carbons (Fsp3) is 0.421. The van der Waals surface area contributed by atoms with Crippen LogP contribution in [0.5, 0.6) is 0 Å². The maximum atomic E-state index is 12.5. The molecule has 0 aromatic heterocycles. The fourth-order valence-electron chi connectivity index (χ4n) is 2.70. The van der Waals surface area contributed by atoms with Crippen LogP contribution in [0.4, 0.5) is 0 Å². The van der Waals surface area contributed by atoms with Gasteiger partial charge in [-0.3, -0.25) is 28.9 Å². The number of carbonyl (C=O) groups excluding carboxylic acids is 5. The van der Waals surface area contributed by atoms with Crippen LogP contribution in [-0.4, -0.2) is 53.6 Å². The summed E-state index contributed by atoms with van der Waals surface area (Å²) in [6, 6.07) is 4.23. The number of esters is 1. The minimum atomic E-state index is -0.679. The second-order valence-electron chi connectivity index (χ2n) is 7.17. The molecule has 0 fully saturated rings. The molecule has 1 aromatic rings. The lowest BCUT2D eigenvalue weighted by atomic mass is 10.1. The van der Waals surface area contributed by atoms with Crippen molar-refractivity contribution in [3.8, 4) is 0 Å². The van der Waals surface area contributed by atoms with Gasteiger partial charge in [-0.2, -0.15) is 0 Å². The van der Waals surface area contributed by atoms with Gasteiger partial charge in [0.2, 0.25) is 0 Å². The Labute approximate surface area is 156 Å². The number of nitrogens with one attached hydrogen (secondary N) is 1. The highest BCUT2D eigenvalue weighted by molar-refractivity contribution is 6.22. The predicted octanol–water partition coefficient (Wildman–Crippen LogP) is 1.33. The Kier molecular flexibility index (Phi) is 5.78. The summed E-state index contributed by atoms with van der Waals surface area (Å²) in [6.07, 6.45) is -0.0893. The number of imide groups is 1. The number of fused-ring (bicyclic) bond motifs is 1. The van der Waals surface area contributed by atoms with E-state index in [0.717, 1.165) is 4.90 Å². The first-order chi connectivity index (χ1) is 12.6. The van der Waals surface area contributed by atoms with Gasteiger partial charge in [-0.1, -0.05) is 0 Å². The lowest BCUT2D eigenvalue weighted by molar-refractivity contribution is -0.141. The molecule has 1 aliphatic rings. The Morgan fingerprint density at radius 2 is 1.67 bits per heavy atom. The molecule has 0 aliphatic carbocycles. The zero-order valence-electron chi connectivity index (χ0n) is 15.8. The van der Waals surface area contributed by atoms with Crippen LogP contribution in [0.1, 0.15) is 64.7 Å². The topological polar surface area (TPSA) is 110 Å².